The summed E-state index contributed by atoms with van der Waals surface area (Å²) < 4.78 is 59.6. The van der Waals surface area contributed by atoms with Crippen LogP contribution < -0.4 is 10.6 Å². The number of hydrogen-bond donors (Lipinski definition) is 2. The van der Waals surface area contributed by atoms with Crippen LogP contribution in [0, 0.1) is 5.82 Å². The Hall–Kier alpha value is -3.89. The van der Waals surface area contributed by atoms with Gasteiger partial charge in [-0.05, 0) is 43.1 Å². The van der Waals surface area contributed by atoms with Gasteiger partial charge in [-0.15, -0.1) is 0 Å². The largest absolute Gasteiger partial charge is 0.446 e. The number of nitrogens with one attached hydrogen (secondary N) is 2. The van der Waals surface area contributed by atoms with Crippen molar-refractivity contribution >= 4 is 17.8 Å². The summed E-state index contributed by atoms with van der Waals surface area (Å²) in [6.07, 6.45) is 5.49. The summed E-state index contributed by atoms with van der Waals surface area (Å²) in [7, 11) is 1.49. The molecule has 2 N–H and O–H groups in total. The van der Waals surface area contributed by atoms with Crippen LogP contribution >= 0.6 is 0 Å². The van der Waals surface area contributed by atoms with Crippen molar-refractivity contribution < 1.29 is 31.9 Å². The number of amidine groups is 1. The number of ether oxygens (including phenoxy) is 1. The van der Waals surface area contributed by atoms with Gasteiger partial charge in [0, 0.05) is 31.8 Å². The number of alkyl carbamates (subject to hydrolysis) is 1. The maximum absolute atomic E-state index is 14.7. The van der Waals surface area contributed by atoms with Crippen molar-refractivity contribution in [3.8, 4) is 0 Å². The Bertz CT molecular complexity index is 1260. The standard InChI is InChI=1S/C27H28F4N4O3/c1-16(20-6-5-7-22(23(20)28)27(29,30)31)34-25(36)21-14-18(15-35-13-4-3-12-33-24(21)35)17-8-10-19(11-9-17)38-26(37)32-2/h3-8,14-16,19H,9-13H2,1-2H3,(H,32,37)(H,34,36)/t16-,19?/m1/s1. The first-order chi connectivity index (χ1) is 18.1. The topological polar surface area (TPSA) is 83.0 Å². The lowest BCUT2D eigenvalue weighted by Gasteiger charge is -2.30. The van der Waals surface area contributed by atoms with Gasteiger partial charge in [-0.1, -0.05) is 30.4 Å². The van der Waals surface area contributed by atoms with Gasteiger partial charge in [-0.25, -0.2) is 9.18 Å². The number of aliphatic imine (C=N–C) groups is 1. The second-order valence-corrected chi connectivity index (χ2v) is 9.11. The number of carbonyl (C=O) groups is 2. The molecule has 4 rings (SSSR count). The third-order valence-corrected chi connectivity index (χ3v) is 6.53. The summed E-state index contributed by atoms with van der Waals surface area (Å²) >= 11 is 0. The third kappa shape index (κ3) is 5.98. The van der Waals surface area contributed by atoms with Gasteiger partial charge in [0.1, 0.15) is 17.8 Å². The second kappa shape index (κ2) is 11.2. The highest BCUT2D eigenvalue weighted by Crippen LogP contribution is 2.34. The third-order valence-electron chi connectivity index (χ3n) is 6.53. The van der Waals surface area contributed by atoms with Crippen LogP contribution in [0.25, 0.3) is 0 Å². The molecule has 11 heteroatoms. The molecular formula is C27H28F4N4O3. The maximum Gasteiger partial charge on any atom is 0.419 e. The van der Waals surface area contributed by atoms with E-state index in [-0.39, 0.29) is 17.2 Å². The van der Waals surface area contributed by atoms with Crippen LogP contribution in [0.2, 0.25) is 0 Å². The van der Waals surface area contributed by atoms with Crippen molar-refractivity contribution in [3.63, 3.8) is 0 Å². The molecule has 0 bridgehead atoms. The number of rotatable bonds is 5. The van der Waals surface area contributed by atoms with Crippen LogP contribution in [0.1, 0.15) is 43.4 Å². The van der Waals surface area contributed by atoms with Crippen LogP contribution in [-0.4, -0.2) is 49.0 Å². The minimum absolute atomic E-state index is 0.232. The predicted molar refractivity (Wildman–Crippen MR) is 134 cm³/mol. The molecular weight excluding hydrogens is 504 g/mol. The van der Waals surface area contributed by atoms with Gasteiger partial charge >= 0.3 is 12.3 Å². The molecule has 2 atom stereocenters. The molecule has 2 heterocycles. The van der Waals surface area contributed by atoms with E-state index in [4.69, 9.17) is 4.74 Å². The first-order valence-electron chi connectivity index (χ1n) is 12.2. The molecule has 38 heavy (non-hydrogen) atoms. The minimum Gasteiger partial charge on any atom is -0.446 e. The van der Waals surface area contributed by atoms with Crippen molar-refractivity contribution in [3.05, 3.63) is 82.4 Å². The fourth-order valence-electron chi connectivity index (χ4n) is 4.55. The molecule has 1 aromatic rings. The fourth-order valence-corrected chi connectivity index (χ4v) is 4.55. The highest BCUT2D eigenvalue weighted by molar-refractivity contribution is 6.22. The number of carbonyl (C=O) groups excluding carboxylic acids is 2. The lowest BCUT2D eigenvalue weighted by atomic mass is 9.89. The number of benzene rings is 1. The molecule has 1 aromatic carbocycles. The van der Waals surface area contributed by atoms with Crippen LogP contribution in [0.4, 0.5) is 22.4 Å². The maximum atomic E-state index is 14.7. The summed E-state index contributed by atoms with van der Waals surface area (Å²) in [5.74, 6) is -1.57. The monoisotopic (exact) mass is 532 g/mol. The summed E-state index contributed by atoms with van der Waals surface area (Å²) in [5.41, 5.74) is 0.331. The van der Waals surface area contributed by atoms with Crippen molar-refractivity contribution in [1.82, 2.24) is 15.5 Å². The molecule has 0 saturated heterocycles. The fraction of sp³-hybridized carbons (Fsp3) is 0.370. The molecule has 202 valence electrons. The van der Waals surface area contributed by atoms with E-state index in [1.165, 1.54) is 20.0 Å². The highest BCUT2D eigenvalue weighted by atomic mass is 19.4. The molecule has 0 saturated carbocycles. The number of hydrogen-bond acceptors (Lipinski definition) is 5. The van der Waals surface area contributed by atoms with Crippen LogP contribution in [0.5, 0.6) is 0 Å². The SMILES string of the molecule is CNC(=O)OC1CC=C(C2=CN3CC=CCN=C3C(C(=O)N[C@H](C)c3cccc(C(F)(F)F)c3F)=C2)CC1. The van der Waals surface area contributed by atoms with E-state index in [0.717, 1.165) is 17.2 Å². The van der Waals surface area contributed by atoms with Crippen LogP contribution in [0.15, 0.2) is 70.4 Å². The number of nitrogens with zero attached hydrogens (tertiary/aromatic N) is 2. The zero-order chi connectivity index (χ0) is 27.4. The Morgan fingerprint density at radius 1 is 1.24 bits per heavy atom. The predicted octanol–water partition coefficient (Wildman–Crippen LogP) is 4.95. The molecule has 7 nitrogen and oxygen atoms in total. The van der Waals surface area contributed by atoms with Gasteiger partial charge in [0.05, 0.1) is 23.7 Å². The van der Waals surface area contributed by atoms with Gasteiger partial charge in [0.2, 0.25) is 0 Å². The number of halogens is 4. The normalized spacial score (nSPS) is 20.2. The van der Waals surface area contributed by atoms with Crippen molar-refractivity contribution in [2.24, 2.45) is 4.99 Å². The first kappa shape index (κ1) is 27.2. The zero-order valence-corrected chi connectivity index (χ0v) is 20.9. The van der Waals surface area contributed by atoms with Crippen molar-refractivity contribution in [2.45, 2.75) is 44.5 Å². The lowest BCUT2D eigenvalue weighted by molar-refractivity contribution is -0.140. The Kier molecular flexibility index (Phi) is 8.03. The summed E-state index contributed by atoms with van der Waals surface area (Å²) in [5, 5.41) is 5.07. The minimum atomic E-state index is -4.85. The van der Waals surface area contributed by atoms with Gasteiger partial charge in [0.25, 0.3) is 5.91 Å². The molecule has 2 amide bonds. The van der Waals surface area contributed by atoms with E-state index in [9.17, 15) is 27.2 Å². The van der Waals surface area contributed by atoms with E-state index >= 15 is 0 Å². The zero-order valence-electron chi connectivity index (χ0n) is 20.9. The summed E-state index contributed by atoms with van der Waals surface area (Å²) in [4.78, 5) is 31.3. The van der Waals surface area contributed by atoms with E-state index in [1.807, 2.05) is 29.3 Å². The van der Waals surface area contributed by atoms with Gasteiger partial charge in [0.15, 0.2) is 0 Å². The summed E-state index contributed by atoms with van der Waals surface area (Å²) in [6.45, 7) is 2.26. The number of allylic oxidation sites excluding steroid dienone is 3. The average Bonchev–Trinajstić information content (AvgIpc) is 3.13. The number of amides is 2. The Morgan fingerprint density at radius 3 is 2.71 bits per heavy atom. The molecule has 0 fully saturated rings. The average molecular weight is 533 g/mol. The molecule has 0 aromatic heterocycles. The first-order valence-corrected chi connectivity index (χ1v) is 12.2. The lowest BCUT2D eigenvalue weighted by Crippen LogP contribution is -2.39. The van der Waals surface area contributed by atoms with Gasteiger partial charge < -0.3 is 20.3 Å². The Labute approximate surface area is 217 Å². The smallest absolute Gasteiger partial charge is 0.419 e. The quantitative estimate of drug-likeness (QED) is 0.415. The van der Waals surface area contributed by atoms with Crippen LogP contribution in [-0.2, 0) is 15.7 Å². The summed E-state index contributed by atoms with van der Waals surface area (Å²) in [6, 6.07) is 1.97. The molecule has 0 radical (unpaired) electrons. The van der Waals surface area contributed by atoms with Crippen LogP contribution in [0.3, 0.4) is 0 Å². The number of fused-ring (bicyclic) bond motifs is 1. The van der Waals surface area contributed by atoms with E-state index < -0.39 is 35.6 Å². The molecule has 1 unspecified atom stereocenters. The van der Waals surface area contributed by atoms with E-state index in [0.29, 0.717) is 44.3 Å². The van der Waals surface area contributed by atoms with Crippen molar-refractivity contribution in [2.75, 3.05) is 20.1 Å². The number of alkyl halides is 3. The second-order valence-electron chi connectivity index (χ2n) is 9.11. The molecule has 2 aliphatic heterocycles. The Morgan fingerprint density at radius 2 is 2.03 bits per heavy atom. The van der Waals surface area contributed by atoms with E-state index in [2.05, 4.69) is 15.6 Å². The molecule has 0 spiro atoms. The molecule has 1 aliphatic carbocycles. The van der Waals surface area contributed by atoms with Crippen molar-refractivity contribution in [1.29, 1.82) is 0 Å². The van der Waals surface area contributed by atoms with Gasteiger partial charge in [-0.3, -0.25) is 9.79 Å². The van der Waals surface area contributed by atoms with Gasteiger partial charge in [-0.2, -0.15) is 13.2 Å². The molecule has 3 aliphatic rings. The highest BCUT2D eigenvalue weighted by Gasteiger charge is 2.36. The Balaban J connectivity index is 1.59. The van der Waals surface area contributed by atoms with E-state index in [1.54, 1.807) is 6.08 Å².